The van der Waals surface area contributed by atoms with Crippen LogP contribution in [0.25, 0.3) is 0 Å². The minimum Gasteiger partial charge on any atom is -0.402 e. The van der Waals surface area contributed by atoms with E-state index in [2.05, 4.69) is 0 Å². The zero-order valence-corrected chi connectivity index (χ0v) is 5.70. The monoisotopic (exact) mass is 153 g/mol. The van der Waals surface area contributed by atoms with Crippen LogP contribution in [0.4, 0.5) is 13.2 Å². The molecule has 10 heavy (non-hydrogen) atoms. The van der Waals surface area contributed by atoms with Gasteiger partial charge in [-0.2, -0.15) is 13.2 Å². The zero-order valence-electron chi connectivity index (χ0n) is 5.70. The molecule has 0 aliphatic carbocycles. The zero-order chi connectivity index (χ0) is 8.20. The second-order valence-electron chi connectivity index (χ2n) is 1.98. The van der Waals surface area contributed by atoms with Crippen molar-refractivity contribution < 1.29 is 13.2 Å². The van der Waals surface area contributed by atoms with Gasteiger partial charge in [-0.1, -0.05) is 6.08 Å². The van der Waals surface area contributed by atoms with Crippen molar-refractivity contribution in [2.24, 2.45) is 5.73 Å². The summed E-state index contributed by atoms with van der Waals surface area (Å²) in [7, 11) is 0. The lowest BCUT2D eigenvalue weighted by atomic mass is 10.2. The van der Waals surface area contributed by atoms with Crippen LogP contribution in [0.2, 0.25) is 0 Å². The Labute approximate surface area is 57.7 Å². The smallest absolute Gasteiger partial charge is 0.389 e. The Kier molecular flexibility index (Phi) is 3.25. The van der Waals surface area contributed by atoms with Gasteiger partial charge in [0.05, 0.1) is 0 Å². The Morgan fingerprint density at radius 1 is 1.50 bits per heavy atom. The summed E-state index contributed by atoms with van der Waals surface area (Å²) >= 11 is 0. The third-order valence-electron chi connectivity index (χ3n) is 1.07. The first-order valence-electron chi connectivity index (χ1n) is 2.93. The molecule has 0 aliphatic heterocycles. The van der Waals surface area contributed by atoms with Gasteiger partial charge in [0.1, 0.15) is 0 Å². The van der Waals surface area contributed by atoms with E-state index in [1.165, 1.54) is 6.08 Å². The summed E-state index contributed by atoms with van der Waals surface area (Å²) in [6.45, 7) is 1.62. The Hall–Kier alpha value is -0.670. The van der Waals surface area contributed by atoms with Crippen LogP contribution < -0.4 is 5.73 Å². The molecule has 0 aromatic carbocycles. The van der Waals surface area contributed by atoms with Gasteiger partial charge < -0.3 is 5.73 Å². The van der Waals surface area contributed by atoms with E-state index in [-0.39, 0.29) is 12.1 Å². The van der Waals surface area contributed by atoms with Crippen molar-refractivity contribution in [1.29, 1.82) is 0 Å². The number of alkyl halides is 3. The molecule has 2 N–H and O–H groups in total. The van der Waals surface area contributed by atoms with E-state index in [0.29, 0.717) is 0 Å². The summed E-state index contributed by atoms with van der Waals surface area (Å²) < 4.78 is 34.4. The summed E-state index contributed by atoms with van der Waals surface area (Å²) in [5.74, 6) is 0. The van der Waals surface area contributed by atoms with Gasteiger partial charge in [0, 0.05) is 12.1 Å². The molecule has 60 valence electrons. The van der Waals surface area contributed by atoms with E-state index < -0.39 is 12.6 Å². The largest absolute Gasteiger partial charge is 0.402 e. The van der Waals surface area contributed by atoms with Crippen LogP contribution in [0.3, 0.4) is 0 Å². The maximum atomic E-state index is 11.5. The third-order valence-corrected chi connectivity index (χ3v) is 1.07. The molecular weight excluding hydrogens is 143 g/mol. The van der Waals surface area contributed by atoms with E-state index in [4.69, 9.17) is 5.73 Å². The molecule has 0 rings (SSSR count). The van der Waals surface area contributed by atoms with Crippen molar-refractivity contribution in [1.82, 2.24) is 0 Å². The Bertz CT molecular complexity index is 125. The van der Waals surface area contributed by atoms with E-state index in [0.717, 1.165) is 0 Å². The number of rotatable bonds is 2. The lowest BCUT2D eigenvalue weighted by Crippen LogP contribution is -2.09. The van der Waals surface area contributed by atoms with Crippen molar-refractivity contribution >= 4 is 0 Å². The molecule has 0 atom stereocenters. The van der Waals surface area contributed by atoms with Gasteiger partial charge in [0.15, 0.2) is 0 Å². The third kappa shape index (κ3) is 5.47. The SMILES string of the molecule is C/C=C(\N)CCC(F)(F)F. The maximum absolute atomic E-state index is 11.5. The molecule has 0 spiro atoms. The maximum Gasteiger partial charge on any atom is 0.389 e. The highest BCUT2D eigenvalue weighted by atomic mass is 19.4. The van der Waals surface area contributed by atoms with Gasteiger partial charge in [-0.15, -0.1) is 0 Å². The molecule has 0 aliphatic rings. The van der Waals surface area contributed by atoms with Gasteiger partial charge in [-0.3, -0.25) is 0 Å². The minimum atomic E-state index is -4.09. The Balaban J connectivity index is 3.56. The summed E-state index contributed by atoms with van der Waals surface area (Å²) in [4.78, 5) is 0. The average Bonchev–Trinajstić information content (AvgIpc) is 1.81. The van der Waals surface area contributed by atoms with E-state index in [1.807, 2.05) is 0 Å². The van der Waals surface area contributed by atoms with Crippen LogP contribution in [0, 0.1) is 0 Å². The number of hydrogen-bond acceptors (Lipinski definition) is 1. The second kappa shape index (κ2) is 3.49. The summed E-state index contributed by atoms with van der Waals surface area (Å²) in [6.07, 6.45) is -3.54. The van der Waals surface area contributed by atoms with Crippen LogP contribution in [0.15, 0.2) is 11.8 Å². The fourth-order valence-corrected chi connectivity index (χ4v) is 0.430. The summed E-state index contributed by atoms with van der Waals surface area (Å²) in [5, 5.41) is 0. The van der Waals surface area contributed by atoms with Gasteiger partial charge in [0.2, 0.25) is 0 Å². The number of allylic oxidation sites excluding steroid dienone is 2. The van der Waals surface area contributed by atoms with Gasteiger partial charge in [-0.05, 0) is 13.3 Å². The molecule has 0 saturated heterocycles. The van der Waals surface area contributed by atoms with Crippen molar-refractivity contribution in [2.45, 2.75) is 25.9 Å². The van der Waals surface area contributed by atoms with Crippen molar-refractivity contribution in [3.8, 4) is 0 Å². The normalized spacial score (nSPS) is 13.8. The lowest BCUT2D eigenvalue weighted by molar-refractivity contribution is -0.134. The molecule has 0 heterocycles. The lowest BCUT2D eigenvalue weighted by Gasteiger charge is -2.04. The van der Waals surface area contributed by atoms with Gasteiger partial charge in [-0.25, -0.2) is 0 Å². The van der Waals surface area contributed by atoms with Gasteiger partial charge >= 0.3 is 6.18 Å². The topological polar surface area (TPSA) is 26.0 Å². The molecule has 4 heteroatoms. The fraction of sp³-hybridized carbons (Fsp3) is 0.667. The number of hydrogen-bond donors (Lipinski definition) is 1. The summed E-state index contributed by atoms with van der Waals surface area (Å²) in [6, 6.07) is 0. The van der Waals surface area contributed by atoms with Gasteiger partial charge in [0.25, 0.3) is 0 Å². The standard InChI is InChI=1S/C6H10F3N/c1-2-5(10)3-4-6(7,8)9/h2H,3-4,10H2,1H3/b5-2-. The molecule has 0 unspecified atom stereocenters. The molecule has 0 amide bonds. The quantitative estimate of drug-likeness (QED) is 0.646. The number of nitrogens with two attached hydrogens (primary N) is 1. The fourth-order valence-electron chi connectivity index (χ4n) is 0.430. The highest BCUT2D eigenvalue weighted by Gasteiger charge is 2.26. The second-order valence-corrected chi connectivity index (χ2v) is 1.98. The van der Waals surface area contributed by atoms with E-state index in [9.17, 15) is 13.2 Å². The predicted octanol–water partition coefficient (Wildman–Crippen LogP) is 2.19. The highest BCUT2D eigenvalue weighted by molar-refractivity contribution is 4.93. The Morgan fingerprint density at radius 3 is 2.30 bits per heavy atom. The molecule has 0 fully saturated rings. The highest BCUT2D eigenvalue weighted by Crippen LogP contribution is 2.22. The molecule has 0 radical (unpaired) electrons. The van der Waals surface area contributed by atoms with Crippen molar-refractivity contribution in [3.63, 3.8) is 0 Å². The van der Waals surface area contributed by atoms with Crippen LogP contribution in [0.5, 0.6) is 0 Å². The molecule has 0 saturated carbocycles. The van der Waals surface area contributed by atoms with Crippen LogP contribution >= 0.6 is 0 Å². The predicted molar refractivity (Wildman–Crippen MR) is 33.2 cm³/mol. The van der Waals surface area contributed by atoms with Crippen LogP contribution in [-0.4, -0.2) is 6.18 Å². The van der Waals surface area contributed by atoms with Crippen molar-refractivity contribution in [3.05, 3.63) is 11.8 Å². The van der Waals surface area contributed by atoms with Crippen LogP contribution in [0.1, 0.15) is 19.8 Å². The first kappa shape index (κ1) is 9.33. The Morgan fingerprint density at radius 2 is 2.00 bits per heavy atom. The first-order valence-corrected chi connectivity index (χ1v) is 2.93. The van der Waals surface area contributed by atoms with E-state index >= 15 is 0 Å². The average molecular weight is 153 g/mol. The number of halogens is 3. The molecule has 0 bridgehead atoms. The minimum absolute atomic E-state index is 0.0972. The molecule has 0 aromatic heterocycles. The first-order chi connectivity index (χ1) is 4.45. The van der Waals surface area contributed by atoms with Crippen LogP contribution in [-0.2, 0) is 0 Å². The molecular formula is C6H10F3N. The molecule has 0 aromatic rings. The van der Waals surface area contributed by atoms with Crippen molar-refractivity contribution in [2.75, 3.05) is 0 Å². The van der Waals surface area contributed by atoms with E-state index in [1.54, 1.807) is 6.92 Å². The summed E-state index contributed by atoms with van der Waals surface area (Å²) in [5.41, 5.74) is 5.43. The molecule has 1 nitrogen and oxygen atoms in total.